The first kappa shape index (κ1) is 21.0. The number of aromatic nitrogens is 2. The molecule has 0 aliphatic heterocycles. The van der Waals surface area contributed by atoms with Crippen molar-refractivity contribution in [3.8, 4) is 22.9 Å². The zero-order valence-corrected chi connectivity index (χ0v) is 16.3. The minimum atomic E-state index is -0.645. The Labute approximate surface area is 171 Å². The van der Waals surface area contributed by atoms with Crippen LogP contribution >= 0.6 is 0 Å². The minimum absolute atomic E-state index is 0.0344. The van der Waals surface area contributed by atoms with Gasteiger partial charge in [-0.3, -0.25) is 10.1 Å². The van der Waals surface area contributed by atoms with Crippen LogP contribution < -0.4 is 10.1 Å². The van der Waals surface area contributed by atoms with E-state index in [-0.39, 0.29) is 17.1 Å². The first-order valence-corrected chi connectivity index (χ1v) is 9.35. The zero-order valence-electron chi connectivity index (χ0n) is 16.3. The third-order valence-electron chi connectivity index (χ3n) is 4.45. The summed E-state index contributed by atoms with van der Waals surface area (Å²) in [4.78, 5) is 14.3. The van der Waals surface area contributed by atoms with Crippen molar-refractivity contribution in [2.45, 2.75) is 25.7 Å². The second kappa shape index (κ2) is 9.68. The van der Waals surface area contributed by atoms with E-state index in [1.54, 1.807) is 12.1 Å². The smallest absolute Gasteiger partial charge is 0.272 e. The second-order valence-electron chi connectivity index (χ2n) is 6.56. The van der Waals surface area contributed by atoms with E-state index in [4.69, 9.17) is 9.26 Å². The highest BCUT2D eigenvalue weighted by molar-refractivity contribution is 5.60. The lowest BCUT2D eigenvalue weighted by atomic mass is 10.2. The van der Waals surface area contributed by atoms with Crippen LogP contribution in [0.3, 0.4) is 0 Å². The van der Waals surface area contributed by atoms with E-state index < -0.39 is 10.7 Å². The fourth-order valence-electron chi connectivity index (χ4n) is 2.85. The Kier molecular flexibility index (Phi) is 6.79. The summed E-state index contributed by atoms with van der Waals surface area (Å²) in [6, 6.07) is 8.35. The van der Waals surface area contributed by atoms with Gasteiger partial charge in [0.2, 0.25) is 11.7 Å². The molecule has 30 heavy (non-hydrogen) atoms. The van der Waals surface area contributed by atoms with Gasteiger partial charge in [0.25, 0.3) is 5.69 Å². The van der Waals surface area contributed by atoms with Gasteiger partial charge in [-0.25, -0.2) is 4.39 Å². The molecule has 2 aromatic carbocycles. The Morgan fingerprint density at radius 3 is 2.80 bits per heavy atom. The molecule has 0 aliphatic rings. The van der Waals surface area contributed by atoms with Gasteiger partial charge in [0, 0.05) is 24.6 Å². The fourth-order valence-corrected chi connectivity index (χ4v) is 2.85. The number of hydrogen-bond donors (Lipinski definition) is 2. The number of nitrogens with one attached hydrogen (secondary N) is 1. The number of ether oxygens (including phenoxy) is 1. The Balaban J connectivity index is 1.42. The Hall–Kier alpha value is -3.69. The molecule has 158 valence electrons. The van der Waals surface area contributed by atoms with Crippen molar-refractivity contribution in [3.05, 3.63) is 58.2 Å². The first-order chi connectivity index (χ1) is 14.5. The fraction of sp³-hybridized carbons (Fsp3) is 0.300. The van der Waals surface area contributed by atoms with Crippen LogP contribution in [0.4, 0.5) is 15.8 Å². The molecule has 0 saturated carbocycles. The van der Waals surface area contributed by atoms with Crippen LogP contribution in [0.15, 0.2) is 40.9 Å². The van der Waals surface area contributed by atoms with E-state index >= 15 is 0 Å². The number of nitrogens with zero attached hydrogens (tertiary/aromatic N) is 3. The van der Waals surface area contributed by atoms with Gasteiger partial charge in [0.15, 0.2) is 17.3 Å². The van der Waals surface area contributed by atoms with Crippen molar-refractivity contribution in [1.82, 2.24) is 10.1 Å². The van der Waals surface area contributed by atoms with E-state index in [2.05, 4.69) is 15.5 Å². The number of aromatic hydroxyl groups is 1. The summed E-state index contributed by atoms with van der Waals surface area (Å²) >= 11 is 0. The lowest BCUT2D eigenvalue weighted by molar-refractivity contribution is -0.385. The molecule has 1 heterocycles. The van der Waals surface area contributed by atoms with Crippen LogP contribution in [0.25, 0.3) is 11.4 Å². The van der Waals surface area contributed by atoms with Crippen molar-refractivity contribution < 1.29 is 23.7 Å². The molecule has 10 heteroatoms. The van der Waals surface area contributed by atoms with Crippen molar-refractivity contribution in [2.75, 3.05) is 19.0 Å². The minimum Gasteiger partial charge on any atom is -0.504 e. The highest BCUT2D eigenvalue weighted by Gasteiger charge is 2.12. The van der Waals surface area contributed by atoms with Crippen LogP contribution in [0.5, 0.6) is 11.5 Å². The molecule has 1 aromatic heterocycles. The molecule has 0 spiro atoms. The largest absolute Gasteiger partial charge is 0.504 e. The summed E-state index contributed by atoms with van der Waals surface area (Å²) in [7, 11) is 1.46. The molecule has 0 aliphatic carbocycles. The quantitative estimate of drug-likeness (QED) is 0.284. The number of phenolic OH excluding ortho intramolecular Hbond substituents is 1. The number of nitro benzene ring substituents is 1. The maximum atomic E-state index is 13.8. The molecule has 2 N–H and O–H groups in total. The van der Waals surface area contributed by atoms with Gasteiger partial charge >= 0.3 is 0 Å². The summed E-state index contributed by atoms with van der Waals surface area (Å²) in [5, 5.41) is 27.2. The van der Waals surface area contributed by atoms with Crippen LogP contribution in [0.2, 0.25) is 0 Å². The zero-order chi connectivity index (χ0) is 21.5. The van der Waals surface area contributed by atoms with Gasteiger partial charge in [-0.05, 0) is 37.1 Å². The maximum Gasteiger partial charge on any atom is 0.272 e. The predicted molar refractivity (Wildman–Crippen MR) is 107 cm³/mol. The van der Waals surface area contributed by atoms with Crippen molar-refractivity contribution >= 4 is 11.4 Å². The third-order valence-corrected chi connectivity index (χ3v) is 4.45. The highest BCUT2D eigenvalue weighted by atomic mass is 19.1. The van der Waals surface area contributed by atoms with E-state index in [9.17, 15) is 19.6 Å². The Morgan fingerprint density at radius 1 is 1.23 bits per heavy atom. The number of aryl methyl sites for hydroxylation is 1. The number of nitro groups is 1. The number of benzene rings is 2. The second-order valence-corrected chi connectivity index (χ2v) is 6.56. The molecular weight excluding hydrogens is 395 g/mol. The van der Waals surface area contributed by atoms with Crippen LogP contribution in [-0.4, -0.2) is 33.8 Å². The lowest BCUT2D eigenvalue weighted by Gasteiger charge is -2.07. The number of anilines is 1. The van der Waals surface area contributed by atoms with Crippen molar-refractivity contribution in [1.29, 1.82) is 0 Å². The maximum absolute atomic E-state index is 13.8. The molecule has 0 amide bonds. The number of non-ortho nitro benzene ring substituents is 1. The average molecular weight is 416 g/mol. The molecule has 0 atom stereocenters. The number of rotatable bonds is 10. The van der Waals surface area contributed by atoms with Crippen LogP contribution in [-0.2, 0) is 6.42 Å². The summed E-state index contributed by atoms with van der Waals surface area (Å²) in [5.41, 5.74) is 0.642. The van der Waals surface area contributed by atoms with E-state index in [0.29, 0.717) is 36.0 Å². The number of unbranched alkanes of at least 4 members (excludes halogenated alkanes) is 2. The van der Waals surface area contributed by atoms with Gasteiger partial charge in [-0.2, -0.15) is 4.98 Å². The highest BCUT2D eigenvalue weighted by Crippen LogP contribution is 2.30. The summed E-state index contributed by atoms with van der Waals surface area (Å²) < 4.78 is 24.1. The third kappa shape index (κ3) is 5.22. The standard InChI is InChI=1S/C20H21FN4O5/c1-29-18-11-13(6-9-17(18)26)20-23-19(30-24-20)5-3-2-4-10-22-16-8-7-14(25(27)28)12-15(16)21/h6-9,11-12,22,26H,2-5,10H2,1H3. The normalized spacial score (nSPS) is 10.7. The number of phenols is 1. The van der Waals surface area contributed by atoms with Gasteiger partial charge < -0.3 is 19.7 Å². The Bertz CT molecular complexity index is 1020. The van der Waals surface area contributed by atoms with Gasteiger partial charge in [-0.1, -0.05) is 11.6 Å². The molecule has 3 rings (SSSR count). The number of methoxy groups -OCH3 is 1. The summed E-state index contributed by atoms with van der Waals surface area (Å²) in [5.74, 6) is 0.640. The van der Waals surface area contributed by atoms with Gasteiger partial charge in [-0.15, -0.1) is 0 Å². The molecule has 9 nitrogen and oxygen atoms in total. The molecule has 0 radical (unpaired) electrons. The molecule has 0 unspecified atom stereocenters. The number of hydrogen-bond acceptors (Lipinski definition) is 8. The predicted octanol–water partition coefficient (Wildman–Crippen LogP) is 4.32. The van der Waals surface area contributed by atoms with Crippen LogP contribution in [0.1, 0.15) is 25.2 Å². The Morgan fingerprint density at radius 2 is 2.07 bits per heavy atom. The lowest BCUT2D eigenvalue weighted by Crippen LogP contribution is -2.04. The van der Waals surface area contributed by atoms with E-state index in [1.165, 1.54) is 25.3 Å². The topological polar surface area (TPSA) is 124 Å². The van der Waals surface area contributed by atoms with Gasteiger partial charge in [0.1, 0.15) is 0 Å². The van der Waals surface area contributed by atoms with E-state index in [1.807, 2.05) is 0 Å². The SMILES string of the molecule is COc1cc(-c2noc(CCCCCNc3ccc([N+](=O)[O-])cc3F)n2)ccc1O. The van der Waals surface area contributed by atoms with E-state index in [0.717, 1.165) is 25.3 Å². The molecule has 0 bridgehead atoms. The first-order valence-electron chi connectivity index (χ1n) is 9.35. The molecule has 0 saturated heterocycles. The van der Waals surface area contributed by atoms with Crippen LogP contribution in [0, 0.1) is 15.9 Å². The monoisotopic (exact) mass is 416 g/mol. The number of halogens is 1. The molecule has 3 aromatic rings. The molecule has 0 fully saturated rings. The van der Waals surface area contributed by atoms with Crippen molar-refractivity contribution in [2.24, 2.45) is 0 Å². The summed E-state index contributed by atoms with van der Waals surface area (Å²) in [6.07, 6.45) is 3.05. The van der Waals surface area contributed by atoms with Crippen molar-refractivity contribution in [3.63, 3.8) is 0 Å². The average Bonchev–Trinajstić information content (AvgIpc) is 3.20. The van der Waals surface area contributed by atoms with Gasteiger partial charge in [0.05, 0.1) is 23.8 Å². The molecular formula is C20H21FN4O5. The summed E-state index contributed by atoms with van der Waals surface area (Å²) in [6.45, 7) is 0.539.